The second-order valence-corrected chi connectivity index (χ2v) is 12.1. The maximum Gasteiger partial charge on any atom is 0.175 e. The summed E-state index contributed by atoms with van der Waals surface area (Å²) >= 11 is 0. The van der Waals surface area contributed by atoms with E-state index in [9.17, 15) is 8.42 Å². The monoisotopic (exact) mass is 429 g/mol. The predicted molar refractivity (Wildman–Crippen MR) is 124 cm³/mol. The summed E-state index contributed by atoms with van der Waals surface area (Å²) in [5, 5.41) is 0. The summed E-state index contributed by atoms with van der Waals surface area (Å²) in [4.78, 5) is 2.81. The van der Waals surface area contributed by atoms with Crippen LogP contribution in [0.15, 0.2) is 47.4 Å². The maximum atomic E-state index is 12.0. The molecule has 0 spiro atoms. The number of ether oxygens (including phenoxy) is 1. The number of nitrogens with zero attached hydrogens (tertiary/aromatic N) is 1. The molecule has 1 saturated heterocycles. The molecule has 2 aromatic rings. The summed E-state index contributed by atoms with van der Waals surface area (Å²) < 4.78 is 29.5. The highest BCUT2D eigenvalue weighted by molar-refractivity contribution is 7.90. The van der Waals surface area contributed by atoms with Crippen LogP contribution in [-0.2, 0) is 31.8 Å². The van der Waals surface area contributed by atoms with Crippen molar-refractivity contribution in [3.63, 3.8) is 0 Å². The summed E-state index contributed by atoms with van der Waals surface area (Å²) in [5.74, 6) is 0. The average molecular weight is 430 g/mol. The Hall–Kier alpha value is -1.85. The lowest BCUT2D eigenvalue weighted by Gasteiger charge is -2.35. The largest absolute Gasteiger partial charge is 0.378 e. The molecule has 0 unspecified atom stereocenters. The van der Waals surface area contributed by atoms with Crippen molar-refractivity contribution in [3.8, 4) is 0 Å². The molecule has 30 heavy (non-hydrogen) atoms. The second kappa shape index (κ2) is 8.35. The van der Waals surface area contributed by atoms with Gasteiger partial charge in [0.1, 0.15) is 0 Å². The quantitative estimate of drug-likeness (QED) is 0.688. The summed E-state index contributed by atoms with van der Waals surface area (Å²) in [5.41, 5.74) is 4.81. The predicted octanol–water partition coefficient (Wildman–Crippen LogP) is 4.74. The SMILES string of the molecule is CC(C)(C)c1cc(CC(C)(C)c2cccc(S(C)(=O)=O)c2)ccc1N1CCOCC1. The Kier molecular flexibility index (Phi) is 6.35. The lowest BCUT2D eigenvalue weighted by Crippen LogP contribution is -2.37. The van der Waals surface area contributed by atoms with Crippen molar-refractivity contribution >= 4 is 15.5 Å². The molecule has 3 rings (SSSR count). The first kappa shape index (κ1) is 22.8. The van der Waals surface area contributed by atoms with Gasteiger partial charge in [-0.2, -0.15) is 0 Å². The van der Waals surface area contributed by atoms with Gasteiger partial charge in [0.15, 0.2) is 9.84 Å². The van der Waals surface area contributed by atoms with E-state index in [1.54, 1.807) is 6.07 Å². The molecule has 1 aliphatic heterocycles. The number of sulfone groups is 1. The number of rotatable bonds is 5. The van der Waals surface area contributed by atoms with Gasteiger partial charge in [0, 0.05) is 25.0 Å². The van der Waals surface area contributed by atoms with Crippen LogP contribution in [-0.4, -0.2) is 41.0 Å². The Morgan fingerprint density at radius 1 is 0.967 bits per heavy atom. The van der Waals surface area contributed by atoms with E-state index in [0.717, 1.165) is 38.3 Å². The molecule has 164 valence electrons. The molecule has 1 fully saturated rings. The third-order valence-corrected chi connectivity index (χ3v) is 7.02. The summed E-state index contributed by atoms with van der Waals surface area (Å²) in [6.07, 6.45) is 2.10. The molecular formula is C25H35NO3S. The molecule has 0 atom stereocenters. The fourth-order valence-corrected chi connectivity index (χ4v) is 4.80. The summed E-state index contributed by atoms with van der Waals surface area (Å²) in [7, 11) is -3.22. The van der Waals surface area contributed by atoms with Gasteiger partial charge >= 0.3 is 0 Å². The van der Waals surface area contributed by atoms with Crippen LogP contribution in [0.5, 0.6) is 0 Å². The van der Waals surface area contributed by atoms with Crippen molar-refractivity contribution in [3.05, 3.63) is 59.2 Å². The molecule has 1 heterocycles. The Morgan fingerprint density at radius 3 is 2.23 bits per heavy atom. The van der Waals surface area contributed by atoms with Crippen LogP contribution in [0, 0.1) is 0 Å². The van der Waals surface area contributed by atoms with Gasteiger partial charge in [0.2, 0.25) is 0 Å². The first-order valence-electron chi connectivity index (χ1n) is 10.6. The smallest absolute Gasteiger partial charge is 0.175 e. The van der Waals surface area contributed by atoms with Crippen LogP contribution >= 0.6 is 0 Å². The third-order valence-electron chi connectivity index (χ3n) is 5.91. The van der Waals surface area contributed by atoms with Gasteiger partial charge in [-0.25, -0.2) is 8.42 Å². The Balaban J connectivity index is 1.94. The van der Waals surface area contributed by atoms with Crippen LogP contribution in [0.2, 0.25) is 0 Å². The highest BCUT2D eigenvalue weighted by Gasteiger charge is 2.26. The lowest BCUT2D eigenvalue weighted by atomic mass is 9.77. The van der Waals surface area contributed by atoms with Crippen LogP contribution in [0.3, 0.4) is 0 Å². The highest BCUT2D eigenvalue weighted by atomic mass is 32.2. The number of hydrogen-bond donors (Lipinski definition) is 0. The normalized spacial score (nSPS) is 16.0. The zero-order chi connectivity index (χ0) is 22.2. The molecule has 4 nitrogen and oxygen atoms in total. The Labute approximate surface area is 182 Å². The van der Waals surface area contributed by atoms with Crippen molar-refractivity contribution in [2.75, 3.05) is 37.5 Å². The van der Waals surface area contributed by atoms with Crippen molar-refractivity contribution in [2.45, 2.75) is 56.8 Å². The molecule has 2 aromatic carbocycles. The molecule has 0 aliphatic carbocycles. The van der Waals surface area contributed by atoms with Crippen LogP contribution in [0.4, 0.5) is 5.69 Å². The molecule has 0 bridgehead atoms. The van der Waals surface area contributed by atoms with Crippen molar-refractivity contribution < 1.29 is 13.2 Å². The van der Waals surface area contributed by atoms with Crippen molar-refractivity contribution in [1.29, 1.82) is 0 Å². The number of morpholine rings is 1. The minimum absolute atomic E-state index is 0.0317. The van der Waals surface area contributed by atoms with Gasteiger partial charge in [0.05, 0.1) is 18.1 Å². The summed E-state index contributed by atoms with van der Waals surface area (Å²) in [6.45, 7) is 14.5. The van der Waals surface area contributed by atoms with Gasteiger partial charge in [0.25, 0.3) is 0 Å². The second-order valence-electron chi connectivity index (χ2n) is 10.1. The minimum atomic E-state index is -3.22. The molecule has 0 radical (unpaired) electrons. The van der Waals surface area contributed by atoms with E-state index >= 15 is 0 Å². The third kappa shape index (κ3) is 5.25. The van der Waals surface area contributed by atoms with Crippen molar-refractivity contribution in [1.82, 2.24) is 0 Å². The Morgan fingerprint density at radius 2 is 1.63 bits per heavy atom. The fourth-order valence-electron chi connectivity index (χ4n) is 4.13. The maximum absolute atomic E-state index is 12.0. The van der Waals surface area contributed by atoms with E-state index in [1.807, 2.05) is 18.2 Å². The lowest BCUT2D eigenvalue weighted by molar-refractivity contribution is 0.122. The molecule has 0 N–H and O–H groups in total. The molecular weight excluding hydrogens is 394 g/mol. The van der Waals surface area contributed by atoms with Gasteiger partial charge in [-0.1, -0.05) is 58.9 Å². The minimum Gasteiger partial charge on any atom is -0.378 e. The molecule has 0 aromatic heterocycles. The molecule has 0 saturated carbocycles. The average Bonchev–Trinajstić information content (AvgIpc) is 2.67. The van der Waals surface area contributed by atoms with Crippen LogP contribution in [0.1, 0.15) is 51.3 Å². The number of benzene rings is 2. The van der Waals surface area contributed by atoms with Gasteiger partial charge in [-0.3, -0.25) is 0 Å². The van der Waals surface area contributed by atoms with Gasteiger partial charge in [-0.15, -0.1) is 0 Å². The molecule has 5 heteroatoms. The van der Waals surface area contributed by atoms with Gasteiger partial charge < -0.3 is 9.64 Å². The van der Waals surface area contributed by atoms with Crippen LogP contribution in [0.25, 0.3) is 0 Å². The first-order valence-corrected chi connectivity index (χ1v) is 12.5. The number of anilines is 1. The standard InChI is InChI=1S/C25H35NO3S/c1-24(2,3)22-16-19(10-11-23(22)26-12-14-29-15-13-26)18-25(4,5)20-8-7-9-21(17-20)30(6,27)28/h7-11,16-17H,12-15,18H2,1-6H3. The van der Waals surface area contributed by atoms with E-state index in [0.29, 0.717) is 4.90 Å². The highest BCUT2D eigenvalue weighted by Crippen LogP contribution is 2.36. The van der Waals surface area contributed by atoms with E-state index < -0.39 is 9.84 Å². The van der Waals surface area contributed by atoms with E-state index in [1.165, 1.54) is 23.1 Å². The first-order chi connectivity index (χ1) is 13.9. The van der Waals surface area contributed by atoms with E-state index in [4.69, 9.17) is 4.74 Å². The number of hydrogen-bond acceptors (Lipinski definition) is 4. The zero-order valence-electron chi connectivity index (χ0n) is 19.2. The van der Waals surface area contributed by atoms with E-state index in [-0.39, 0.29) is 10.8 Å². The van der Waals surface area contributed by atoms with Gasteiger partial charge in [-0.05, 0) is 52.1 Å². The molecule has 0 amide bonds. The van der Waals surface area contributed by atoms with Crippen LogP contribution < -0.4 is 4.90 Å². The Bertz CT molecular complexity index is 997. The van der Waals surface area contributed by atoms with Crippen molar-refractivity contribution in [2.24, 2.45) is 0 Å². The zero-order valence-corrected chi connectivity index (χ0v) is 20.0. The fraction of sp³-hybridized carbons (Fsp3) is 0.520. The topological polar surface area (TPSA) is 46.6 Å². The molecule has 1 aliphatic rings. The van der Waals surface area contributed by atoms with E-state index in [2.05, 4.69) is 57.7 Å². The summed E-state index contributed by atoms with van der Waals surface area (Å²) in [6, 6.07) is 14.2.